The highest BCUT2D eigenvalue weighted by atomic mass is 32.1. The molecule has 2 N–H and O–H groups in total. The van der Waals surface area contributed by atoms with Crippen LogP contribution < -0.4 is 15.4 Å². The number of methoxy groups -OCH3 is 1. The molecule has 2 aromatic heterocycles. The third-order valence-corrected chi connectivity index (χ3v) is 6.08. The average molecular weight is 444 g/mol. The van der Waals surface area contributed by atoms with Crippen molar-refractivity contribution in [1.29, 1.82) is 0 Å². The summed E-state index contributed by atoms with van der Waals surface area (Å²) in [5, 5.41) is 7.94. The van der Waals surface area contributed by atoms with Crippen LogP contribution in [0.2, 0.25) is 0 Å². The van der Waals surface area contributed by atoms with Gasteiger partial charge in [-0.15, -0.1) is 22.7 Å². The molecule has 3 rings (SSSR count). The van der Waals surface area contributed by atoms with Gasteiger partial charge in [0, 0.05) is 28.3 Å². The van der Waals surface area contributed by atoms with Crippen LogP contribution in [0, 0.1) is 0 Å². The minimum Gasteiger partial charge on any atom is -0.496 e. The predicted molar refractivity (Wildman–Crippen MR) is 118 cm³/mol. The second-order valence-electron chi connectivity index (χ2n) is 6.52. The molecule has 0 aliphatic carbocycles. The van der Waals surface area contributed by atoms with Gasteiger partial charge in [-0.2, -0.15) is 0 Å². The zero-order valence-electron chi connectivity index (χ0n) is 16.8. The van der Waals surface area contributed by atoms with Crippen molar-refractivity contribution in [2.24, 2.45) is 0 Å². The minimum absolute atomic E-state index is 0.0685. The lowest BCUT2D eigenvalue weighted by molar-refractivity contribution is -0.119. The first-order valence-corrected chi connectivity index (χ1v) is 10.8. The van der Waals surface area contributed by atoms with E-state index in [0.29, 0.717) is 28.6 Å². The molecule has 156 valence electrons. The number of Topliss-reactive ketones (excluding diaryl/α,β-unsaturated/α-hetero) is 1. The van der Waals surface area contributed by atoms with Crippen LogP contribution in [0.15, 0.2) is 35.7 Å². The van der Waals surface area contributed by atoms with E-state index in [2.05, 4.69) is 15.6 Å². The van der Waals surface area contributed by atoms with Crippen molar-refractivity contribution in [1.82, 2.24) is 10.3 Å². The molecular weight excluding hydrogens is 422 g/mol. The zero-order chi connectivity index (χ0) is 21.7. The molecular formula is C21H21N3O4S2. The lowest BCUT2D eigenvalue weighted by Gasteiger charge is -2.09. The van der Waals surface area contributed by atoms with Crippen LogP contribution in [0.5, 0.6) is 5.75 Å². The second-order valence-corrected chi connectivity index (χ2v) is 8.55. The Morgan fingerprint density at radius 3 is 2.63 bits per heavy atom. The number of nitrogens with zero attached hydrogens (tertiary/aromatic N) is 1. The smallest absolute Gasteiger partial charge is 0.230 e. The van der Waals surface area contributed by atoms with E-state index in [1.165, 1.54) is 32.3 Å². The van der Waals surface area contributed by atoms with E-state index in [1.807, 2.05) is 17.5 Å². The summed E-state index contributed by atoms with van der Waals surface area (Å²) in [7, 11) is 1.53. The molecule has 30 heavy (non-hydrogen) atoms. The molecule has 0 spiro atoms. The van der Waals surface area contributed by atoms with Gasteiger partial charge in [-0.05, 0) is 37.3 Å². The summed E-state index contributed by atoms with van der Waals surface area (Å²) < 4.78 is 5.30. The van der Waals surface area contributed by atoms with Gasteiger partial charge < -0.3 is 15.4 Å². The number of hydrogen-bond donors (Lipinski definition) is 2. The summed E-state index contributed by atoms with van der Waals surface area (Å²) in [6, 6.07) is 8.94. The van der Waals surface area contributed by atoms with E-state index in [-0.39, 0.29) is 24.0 Å². The van der Waals surface area contributed by atoms with Gasteiger partial charge in [0.05, 0.1) is 30.6 Å². The van der Waals surface area contributed by atoms with Crippen LogP contribution in [0.1, 0.15) is 34.6 Å². The number of carbonyl (C=O) groups is 3. The molecule has 0 aliphatic rings. The number of ketones is 1. The van der Waals surface area contributed by atoms with Crippen molar-refractivity contribution in [3.63, 3.8) is 0 Å². The lowest BCUT2D eigenvalue weighted by Crippen LogP contribution is -2.17. The SMILES string of the molecule is COc1ccc(C(C)=O)cc1CC(=O)Nc1nc(-c2ccc(CNC(C)=O)s2)cs1. The van der Waals surface area contributed by atoms with Crippen LogP contribution in [0.3, 0.4) is 0 Å². The molecule has 0 unspecified atom stereocenters. The lowest BCUT2D eigenvalue weighted by atomic mass is 10.0. The first kappa shape index (κ1) is 21.7. The van der Waals surface area contributed by atoms with Crippen LogP contribution >= 0.6 is 22.7 Å². The number of amides is 2. The fraction of sp³-hybridized carbons (Fsp3) is 0.238. The van der Waals surface area contributed by atoms with Crippen LogP contribution in [0.25, 0.3) is 10.6 Å². The highest BCUT2D eigenvalue weighted by molar-refractivity contribution is 7.17. The molecule has 2 amide bonds. The van der Waals surface area contributed by atoms with Gasteiger partial charge in [0.1, 0.15) is 5.75 Å². The minimum atomic E-state index is -0.243. The third-order valence-electron chi connectivity index (χ3n) is 4.21. The van der Waals surface area contributed by atoms with Gasteiger partial charge in [-0.25, -0.2) is 4.98 Å². The molecule has 0 saturated carbocycles. The third kappa shape index (κ3) is 5.52. The van der Waals surface area contributed by atoms with Crippen LogP contribution in [0.4, 0.5) is 5.13 Å². The van der Waals surface area contributed by atoms with Gasteiger partial charge in [-0.1, -0.05) is 0 Å². The largest absolute Gasteiger partial charge is 0.496 e. The maximum atomic E-state index is 12.5. The van der Waals surface area contributed by atoms with Gasteiger partial charge in [0.2, 0.25) is 11.8 Å². The van der Waals surface area contributed by atoms with Crippen molar-refractivity contribution in [2.45, 2.75) is 26.8 Å². The van der Waals surface area contributed by atoms with Crippen molar-refractivity contribution in [2.75, 3.05) is 12.4 Å². The summed E-state index contributed by atoms with van der Waals surface area (Å²) in [5.41, 5.74) is 1.94. The first-order chi connectivity index (χ1) is 14.4. The topological polar surface area (TPSA) is 97.4 Å². The Morgan fingerprint density at radius 2 is 1.93 bits per heavy atom. The van der Waals surface area contributed by atoms with E-state index in [0.717, 1.165) is 15.4 Å². The predicted octanol–water partition coefficient (Wildman–Crippen LogP) is 3.90. The van der Waals surface area contributed by atoms with Crippen molar-refractivity contribution in [3.05, 3.63) is 51.7 Å². The number of thiophene rings is 1. The first-order valence-electron chi connectivity index (χ1n) is 9.12. The average Bonchev–Trinajstić information content (AvgIpc) is 3.35. The molecule has 0 aliphatic heterocycles. The number of nitrogens with one attached hydrogen (secondary N) is 2. The quantitative estimate of drug-likeness (QED) is 0.515. The van der Waals surface area contributed by atoms with Crippen LogP contribution in [-0.2, 0) is 22.6 Å². The van der Waals surface area contributed by atoms with Crippen molar-refractivity contribution in [3.8, 4) is 16.3 Å². The van der Waals surface area contributed by atoms with Gasteiger partial charge in [-0.3, -0.25) is 14.4 Å². The maximum absolute atomic E-state index is 12.5. The summed E-state index contributed by atoms with van der Waals surface area (Å²) in [4.78, 5) is 41.6. The summed E-state index contributed by atoms with van der Waals surface area (Å²) >= 11 is 2.88. The highest BCUT2D eigenvalue weighted by Gasteiger charge is 2.14. The summed E-state index contributed by atoms with van der Waals surface area (Å²) in [5.74, 6) is 0.166. The van der Waals surface area contributed by atoms with Crippen LogP contribution in [-0.4, -0.2) is 29.7 Å². The number of carbonyl (C=O) groups excluding carboxylic acids is 3. The normalized spacial score (nSPS) is 10.5. The number of rotatable bonds is 8. The summed E-state index contributed by atoms with van der Waals surface area (Å²) in [6.07, 6.45) is 0.0685. The molecule has 0 radical (unpaired) electrons. The number of aromatic nitrogens is 1. The Kier molecular flexibility index (Phi) is 6.96. The zero-order valence-corrected chi connectivity index (χ0v) is 18.4. The fourth-order valence-electron chi connectivity index (χ4n) is 2.74. The van der Waals surface area contributed by atoms with E-state index < -0.39 is 0 Å². The number of hydrogen-bond acceptors (Lipinski definition) is 7. The van der Waals surface area contributed by atoms with Gasteiger partial charge in [0.25, 0.3) is 0 Å². The Bertz CT molecular complexity index is 1090. The molecule has 3 aromatic rings. The molecule has 0 fully saturated rings. The molecule has 1 aromatic carbocycles. The maximum Gasteiger partial charge on any atom is 0.230 e. The van der Waals surface area contributed by atoms with Gasteiger partial charge >= 0.3 is 0 Å². The second kappa shape index (κ2) is 9.64. The fourth-order valence-corrected chi connectivity index (χ4v) is 4.45. The summed E-state index contributed by atoms with van der Waals surface area (Å²) in [6.45, 7) is 3.44. The molecule has 0 bridgehead atoms. The van der Waals surface area contributed by atoms with Crippen molar-refractivity contribution < 1.29 is 19.1 Å². The van der Waals surface area contributed by atoms with Crippen molar-refractivity contribution >= 4 is 45.4 Å². The molecule has 0 atom stereocenters. The molecule has 7 nitrogen and oxygen atoms in total. The Balaban J connectivity index is 1.66. The molecule has 0 saturated heterocycles. The number of thiazole rings is 1. The monoisotopic (exact) mass is 443 g/mol. The van der Waals surface area contributed by atoms with E-state index in [1.54, 1.807) is 29.5 Å². The number of benzene rings is 1. The van der Waals surface area contributed by atoms with Gasteiger partial charge in [0.15, 0.2) is 10.9 Å². The number of ether oxygens (including phenoxy) is 1. The Hall–Kier alpha value is -3.04. The van der Waals surface area contributed by atoms with E-state index in [9.17, 15) is 14.4 Å². The van der Waals surface area contributed by atoms with E-state index in [4.69, 9.17) is 4.74 Å². The van der Waals surface area contributed by atoms with E-state index >= 15 is 0 Å². The standard InChI is InChI=1S/C21H21N3O4S2/c1-12(25)14-4-6-18(28-3)15(8-14)9-20(27)24-21-23-17(11-29-21)19-7-5-16(30-19)10-22-13(2)26/h4-8,11H,9-10H2,1-3H3,(H,22,26)(H,23,24,27). The Morgan fingerprint density at radius 1 is 1.13 bits per heavy atom. The highest BCUT2D eigenvalue weighted by Crippen LogP contribution is 2.31. The number of anilines is 1. The Labute approximate surface area is 182 Å². The molecule has 9 heteroatoms. The molecule has 2 heterocycles.